The summed E-state index contributed by atoms with van der Waals surface area (Å²) in [5.74, 6) is 0.296. The smallest absolute Gasteiger partial charge is 0.311 e. The van der Waals surface area contributed by atoms with Crippen LogP contribution in [0.5, 0.6) is 0 Å². The van der Waals surface area contributed by atoms with Gasteiger partial charge >= 0.3 is 5.97 Å². The molecule has 4 rings (SSSR count). The fourth-order valence-electron chi connectivity index (χ4n) is 3.57. The molecule has 1 aromatic carbocycles. The molecule has 1 atom stereocenters. The van der Waals surface area contributed by atoms with E-state index >= 15 is 0 Å². The minimum atomic E-state index is -0.960. The zero-order chi connectivity index (χ0) is 19.5. The number of rotatable bonds is 7. The molecule has 1 aliphatic rings. The van der Waals surface area contributed by atoms with Crippen molar-refractivity contribution in [3.63, 3.8) is 0 Å². The van der Waals surface area contributed by atoms with Crippen LogP contribution in [0.4, 0.5) is 5.95 Å². The minimum Gasteiger partial charge on any atom is -0.481 e. The number of carbonyl (C=O) groups is 1. The molecule has 3 N–H and O–H groups in total. The number of fused-ring (bicyclic) bond motifs is 1. The topological polar surface area (TPSA) is 117 Å². The van der Waals surface area contributed by atoms with E-state index in [9.17, 15) is 4.79 Å². The molecule has 0 saturated heterocycles. The lowest BCUT2D eigenvalue weighted by Gasteiger charge is -2.11. The number of benzene rings is 1. The second-order valence-corrected chi connectivity index (χ2v) is 7.07. The average Bonchev–Trinajstić information content (AvgIpc) is 3.28. The van der Waals surface area contributed by atoms with Crippen molar-refractivity contribution < 1.29 is 9.90 Å². The average molecular weight is 378 g/mol. The highest BCUT2D eigenvalue weighted by Crippen LogP contribution is 2.25. The van der Waals surface area contributed by atoms with Crippen molar-refractivity contribution >= 4 is 11.9 Å². The SMILES string of the molecule is CCCc1ccc2c(c1)CC(Nc1ncc(-c3n[nH]c(CC(=O)O)n3)cn1)C2. The Labute approximate surface area is 162 Å². The van der Waals surface area contributed by atoms with E-state index in [1.165, 1.54) is 16.7 Å². The molecule has 0 fully saturated rings. The number of carboxylic acids is 1. The Bertz CT molecular complexity index is 983. The minimum absolute atomic E-state index is 0.199. The molecule has 8 heteroatoms. The summed E-state index contributed by atoms with van der Waals surface area (Å²) < 4.78 is 0. The maximum absolute atomic E-state index is 10.7. The molecule has 2 aromatic heterocycles. The lowest BCUT2D eigenvalue weighted by molar-refractivity contribution is -0.136. The van der Waals surface area contributed by atoms with Crippen molar-refractivity contribution in [2.45, 2.75) is 45.1 Å². The fourth-order valence-corrected chi connectivity index (χ4v) is 3.57. The monoisotopic (exact) mass is 378 g/mol. The van der Waals surface area contributed by atoms with Crippen LogP contribution in [0.2, 0.25) is 0 Å². The van der Waals surface area contributed by atoms with Crippen LogP contribution in [0.15, 0.2) is 30.6 Å². The molecule has 8 nitrogen and oxygen atoms in total. The van der Waals surface area contributed by atoms with Gasteiger partial charge < -0.3 is 10.4 Å². The van der Waals surface area contributed by atoms with E-state index in [1.807, 2.05) is 0 Å². The van der Waals surface area contributed by atoms with Crippen molar-refractivity contribution in [1.82, 2.24) is 25.1 Å². The van der Waals surface area contributed by atoms with Gasteiger partial charge in [0.25, 0.3) is 0 Å². The van der Waals surface area contributed by atoms with Gasteiger partial charge in [0.05, 0.1) is 5.56 Å². The summed E-state index contributed by atoms with van der Waals surface area (Å²) in [6.45, 7) is 2.20. The van der Waals surface area contributed by atoms with Gasteiger partial charge in [-0.25, -0.2) is 15.0 Å². The Morgan fingerprint density at radius 1 is 1.25 bits per heavy atom. The molecular weight excluding hydrogens is 356 g/mol. The largest absolute Gasteiger partial charge is 0.481 e. The van der Waals surface area contributed by atoms with Gasteiger partial charge in [0.15, 0.2) is 5.82 Å². The number of carboxylic acid groups (broad SMARTS) is 1. The Hall–Kier alpha value is -3.29. The van der Waals surface area contributed by atoms with Crippen LogP contribution >= 0.6 is 0 Å². The molecule has 0 bridgehead atoms. The number of hydrogen-bond acceptors (Lipinski definition) is 6. The van der Waals surface area contributed by atoms with Crippen molar-refractivity contribution in [3.8, 4) is 11.4 Å². The van der Waals surface area contributed by atoms with Crippen LogP contribution in [-0.2, 0) is 30.5 Å². The van der Waals surface area contributed by atoms with Crippen LogP contribution in [0.1, 0.15) is 35.9 Å². The first-order chi connectivity index (χ1) is 13.6. The molecule has 0 spiro atoms. The lowest BCUT2D eigenvalue weighted by Crippen LogP contribution is -2.20. The second-order valence-electron chi connectivity index (χ2n) is 7.07. The van der Waals surface area contributed by atoms with E-state index in [0.29, 0.717) is 23.2 Å². The zero-order valence-electron chi connectivity index (χ0n) is 15.6. The number of anilines is 1. The molecule has 1 aliphatic carbocycles. The summed E-state index contributed by atoms with van der Waals surface area (Å²) in [5.41, 5.74) is 4.83. The van der Waals surface area contributed by atoms with Crippen LogP contribution < -0.4 is 5.32 Å². The summed E-state index contributed by atoms with van der Waals surface area (Å²) in [5, 5.41) is 18.8. The van der Waals surface area contributed by atoms with Gasteiger partial charge in [-0.05, 0) is 36.0 Å². The summed E-state index contributed by atoms with van der Waals surface area (Å²) >= 11 is 0. The number of aliphatic carboxylic acids is 1. The summed E-state index contributed by atoms with van der Waals surface area (Å²) in [7, 11) is 0. The number of aryl methyl sites for hydroxylation is 1. The van der Waals surface area contributed by atoms with E-state index in [2.05, 4.69) is 55.6 Å². The first-order valence-corrected chi connectivity index (χ1v) is 9.43. The van der Waals surface area contributed by atoms with E-state index in [0.717, 1.165) is 25.7 Å². The van der Waals surface area contributed by atoms with Gasteiger partial charge in [-0.15, -0.1) is 0 Å². The zero-order valence-corrected chi connectivity index (χ0v) is 15.6. The van der Waals surface area contributed by atoms with Crippen LogP contribution in [-0.4, -0.2) is 42.3 Å². The van der Waals surface area contributed by atoms with E-state index < -0.39 is 5.97 Å². The first kappa shape index (κ1) is 18.1. The summed E-state index contributed by atoms with van der Waals surface area (Å²) in [6.07, 6.45) is 7.29. The van der Waals surface area contributed by atoms with Gasteiger partial charge in [0.2, 0.25) is 5.95 Å². The highest BCUT2D eigenvalue weighted by molar-refractivity contribution is 5.69. The predicted octanol–water partition coefficient (Wildman–Crippen LogP) is 2.42. The first-order valence-electron chi connectivity index (χ1n) is 9.43. The van der Waals surface area contributed by atoms with Crippen LogP contribution in [0, 0.1) is 0 Å². The van der Waals surface area contributed by atoms with Crippen molar-refractivity contribution in [2.24, 2.45) is 0 Å². The predicted molar refractivity (Wildman–Crippen MR) is 104 cm³/mol. The molecule has 144 valence electrons. The summed E-state index contributed by atoms with van der Waals surface area (Å²) in [4.78, 5) is 23.6. The molecule has 28 heavy (non-hydrogen) atoms. The van der Waals surface area contributed by atoms with Gasteiger partial charge in [0, 0.05) is 18.4 Å². The Balaban J connectivity index is 1.40. The molecule has 1 unspecified atom stereocenters. The molecule has 0 aliphatic heterocycles. The van der Waals surface area contributed by atoms with Crippen molar-refractivity contribution in [2.75, 3.05) is 5.32 Å². The van der Waals surface area contributed by atoms with Gasteiger partial charge in [-0.1, -0.05) is 31.5 Å². The Morgan fingerprint density at radius 2 is 2.04 bits per heavy atom. The normalized spacial score (nSPS) is 15.4. The second kappa shape index (κ2) is 7.75. The molecule has 3 aromatic rings. The van der Waals surface area contributed by atoms with Gasteiger partial charge in [0.1, 0.15) is 12.2 Å². The third-order valence-corrected chi connectivity index (χ3v) is 4.84. The number of hydrogen-bond donors (Lipinski definition) is 3. The quantitative estimate of drug-likeness (QED) is 0.578. The highest BCUT2D eigenvalue weighted by Gasteiger charge is 2.22. The molecule has 0 amide bonds. The Kier molecular flexibility index (Phi) is 5.01. The summed E-state index contributed by atoms with van der Waals surface area (Å²) in [6, 6.07) is 7.07. The van der Waals surface area contributed by atoms with Crippen LogP contribution in [0.3, 0.4) is 0 Å². The lowest BCUT2D eigenvalue weighted by atomic mass is 10.0. The highest BCUT2D eigenvalue weighted by atomic mass is 16.4. The number of nitrogens with zero attached hydrogens (tertiary/aromatic N) is 4. The Morgan fingerprint density at radius 3 is 2.79 bits per heavy atom. The van der Waals surface area contributed by atoms with E-state index in [1.54, 1.807) is 12.4 Å². The molecule has 0 radical (unpaired) electrons. The third kappa shape index (κ3) is 4.00. The number of H-pyrrole nitrogens is 1. The molecule has 0 saturated carbocycles. The molecule has 2 heterocycles. The number of aromatic nitrogens is 5. The van der Waals surface area contributed by atoms with E-state index in [-0.39, 0.29) is 12.5 Å². The maximum Gasteiger partial charge on any atom is 0.311 e. The maximum atomic E-state index is 10.7. The third-order valence-electron chi connectivity index (χ3n) is 4.84. The van der Waals surface area contributed by atoms with Crippen molar-refractivity contribution in [3.05, 3.63) is 53.1 Å². The standard InChI is InChI=1S/C20H22N6O2/c1-2-3-12-4-5-13-7-16(8-14(13)6-12)23-20-21-10-15(11-22-20)19-24-17(25-26-19)9-18(27)28/h4-6,10-11,16H,2-3,7-9H2,1H3,(H,27,28)(H,21,22,23)(H,24,25,26). The van der Waals surface area contributed by atoms with Gasteiger partial charge in [-0.3, -0.25) is 9.89 Å². The number of aromatic amines is 1. The fraction of sp³-hybridized carbons (Fsp3) is 0.350. The number of nitrogens with one attached hydrogen (secondary N) is 2. The van der Waals surface area contributed by atoms with E-state index in [4.69, 9.17) is 5.11 Å². The molecular formula is C20H22N6O2. The van der Waals surface area contributed by atoms with Gasteiger partial charge in [-0.2, -0.15) is 5.10 Å². The van der Waals surface area contributed by atoms with Crippen molar-refractivity contribution in [1.29, 1.82) is 0 Å². The van der Waals surface area contributed by atoms with Crippen LogP contribution in [0.25, 0.3) is 11.4 Å².